The summed E-state index contributed by atoms with van der Waals surface area (Å²) in [5.74, 6) is -0.583. The van der Waals surface area contributed by atoms with E-state index in [1.807, 2.05) is 0 Å². The van der Waals surface area contributed by atoms with Crippen molar-refractivity contribution in [1.29, 1.82) is 0 Å². The van der Waals surface area contributed by atoms with Crippen molar-refractivity contribution < 1.29 is 18.8 Å². The van der Waals surface area contributed by atoms with Crippen LogP contribution in [0, 0.1) is 10.1 Å². The van der Waals surface area contributed by atoms with Crippen molar-refractivity contribution in [2.45, 2.75) is 6.61 Å². The van der Waals surface area contributed by atoms with Gasteiger partial charge in [0.1, 0.15) is 5.56 Å². The number of hydrogen-bond acceptors (Lipinski definition) is 5. The number of nitro groups is 1. The number of amides is 1. The van der Waals surface area contributed by atoms with Crippen molar-refractivity contribution in [3.8, 4) is 0 Å². The van der Waals surface area contributed by atoms with Gasteiger partial charge in [-0.15, -0.1) is 23.2 Å². The lowest BCUT2D eigenvalue weighted by molar-refractivity contribution is -0.385. The average molecular weight is 399 g/mol. The maximum atomic E-state index is 12.4. The molecule has 1 aromatic rings. The normalized spacial score (nSPS) is 13.7. The topological polar surface area (TPSA) is 142 Å². The predicted octanol–water partition coefficient (Wildman–Crippen LogP) is 2.06. The Hall–Kier alpha value is -1.22. The summed E-state index contributed by atoms with van der Waals surface area (Å²) in [5.41, 5.74) is 10.5. The van der Waals surface area contributed by atoms with Crippen LogP contribution in [0.5, 0.6) is 0 Å². The summed E-state index contributed by atoms with van der Waals surface area (Å²) in [4.78, 5) is 21.5. The first-order chi connectivity index (χ1) is 11.2. The zero-order chi connectivity index (χ0) is 18.3. The van der Waals surface area contributed by atoms with E-state index in [-0.39, 0.29) is 37.0 Å². The second-order valence-corrected chi connectivity index (χ2v) is 7.35. The highest BCUT2D eigenvalue weighted by molar-refractivity contribution is 7.53. The van der Waals surface area contributed by atoms with Gasteiger partial charge in [-0.1, -0.05) is 0 Å². The number of alkyl halides is 2. The van der Waals surface area contributed by atoms with Gasteiger partial charge in [-0.3, -0.25) is 19.5 Å². The smallest absolute Gasteiger partial charge is 0.341 e. The Kier molecular flexibility index (Phi) is 8.08. The maximum Gasteiger partial charge on any atom is 0.341 e. The van der Waals surface area contributed by atoms with Crippen LogP contribution in [0.25, 0.3) is 0 Å². The highest BCUT2D eigenvalue weighted by Gasteiger charge is 2.27. The van der Waals surface area contributed by atoms with E-state index in [9.17, 15) is 19.5 Å². The Bertz CT molecular complexity index is 654. The van der Waals surface area contributed by atoms with Crippen LogP contribution >= 0.6 is 30.9 Å². The van der Waals surface area contributed by atoms with Crippen LogP contribution in [0.2, 0.25) is 0 Å². The lowest BCUT2D eigenvalue weighted by atomic mass is 10.1. The first kappa shape index (κ1) is 20.8. The molecule has 1 atom stereocenters. The van der Waals surface area contributed by atoms with Crippen molar-refractivity contribution in [2.24, 2.45) is 11.2 Å². The maximum absolute atomic E-state index is 12.4. The van der Waals surface area contributed by atoms with Crippen molar-refractivity contribution >= 4 is 42.5 Å². The number of benzene rings is 1. The molecular formula is C12H17Cl2N4O5P. The highest BCUT2D eigenvalue weighted by atomic mass is 35.5. The molecule has 0 spiro atoms. The van der Waals surface area contributed by atoms with Gasteiger partial charge >= 0.3 is 7.67 Å². The Morgan fingerprint density at radius 3 is 2.38 bits per heavy atom. The summed E-state index contributed by atoms with van der Waals surface area (Å²) in [6, 6.07) is 3.68. The molecule has 1 aromatic carbocycles. The van der Waals surface area contributed by atoms with E-state index in [2.05, 4.69) is 0 Å². The van der Waals surface area contributed by atoms with Gasteiger partial charge in [0.15, 0.2) is 0 Å². The number of carbonyl (C=O) groups excluding carboxylic acids is 1. The van der Waals surface area contributed by atoms with Gasteiger partial charge in [-0.25, -0.2) is 10.2 Å². The molecule has 1 rings (SSSR count). The molecule has 0 aromatic heterocycles. The first-order valence-electron chi connectivity index (χ1n) is 6.70. The van der Waals surface area contributed by atoms with Gasteiger partial charge in [0.2, 0.25) is 0 Å². The Morgan fingerprint density at radius 2 is 1.92 bits per heavy atom. The van der Waals surface area contributed by atoms with Crippen molar-refractivity contribution in [3.63, 3.8) is 0 Å². The van der Waals surface area contributed by atoms with E-state index in [4.69, 9.17) is 39.0 Å². The summed E-state index contributed by atoms with van der Waals surface area (Å²) in [7, 11) is -3.66. The standard InChI is InChI=1S/C12H17Cl2N4O5P/c13-3-5-17(6-4-14)24(16,22)23-8-9-1-2-11(18(20)21)10(7-9)12(15)19/h1-2,7H,3-6,8H2,(H2,15,19)(H2,16,22). The van der Waals surface area contributed by atoms with Gasteiger partial charge in [-0.2, -0.15) is 0 Å². The van der Waals surface area contributed by atoms with Crippen molar-refractivity contribution in [2.75, 3.05) is 24.8 Å². The molecule has 9 nitrogen and oxygen atoms in total. The molecule has 0 saturated carbocycles. The van der Waals surface area contributed by atoms with Gasteiger partial charge in [0.05, 0.1) is 11.5 Å². The predicted molar refractivity (Wildman–Crippen MR) is 91.2 cm³/mol. The van der Waals surface area contributed by atoms with E-state index in [0.717, 1.165) is 6.07 Å². The molecule has 1 amide bonds. The average Bonchev–Trinajstić information content (AvgIpc) is 2.52. The minimum Gasteiger partial charge on any atom is -0.365 e. The number of carbonyl (C=O) groups is 1. The summed E-state index contributed by atoms with van der Waals surface area (Å²) in [6.45, 7) is 0.205. The largest absolute Gasteiger partial charge is 0.365 e. The van der Waals surface area contributed by atoms with Crippen molar-refractivity contribution in [1.82, 2.24) is 4.67 Å². The quantitative estimate of drug-likeness (QED) is 0.265. The third kappa shape index (κ3) is 5.70. The second-order valence-electron chi connectivity index (χ2n) is 4.64. The molecule has 0 bridgehead atoms. The molecule has 0 aliphatic heterocycles. The van der Waals surface area contributed by atoms with E-state index >= 15 is 0 Å². The molecule has 1 unspecified atom stereocenters. The summed E-state index contributed by atoms with van der Waals surface area (Å²) in [5, 5.41) is 10.9. The van der Waals surface area contributed by atoms with Crippen LogP contribution in [-0.4, -0.2) is 40.4 Å². The fraction of sp³-hybridized carbons (Fsp3) is 0.417. The summed E-state index contributed by atoms with van der Waals surface area (Å²) in [6.07, 6.45) is 0. The number of primary amides is 1. The third-order valence-electron chi connectivity index (χ3n) is 3.02. The Morgan fingerprint density at radius 1 is 1.33 bits per heavy atom. The van der Waals surface area contributed by atoms with Gasteiger partial charge in [0, 0.05) is 30.9 Å². The summed E-state index contributed by atoms with van der Waals surface area (Å²) >= 11 is 11.3. The first-order valence-corrected chi connectivity index (χ1v) is 9.42. The molecule has 134 valence electrons. The van der Waals surface area contributed by atoms with Crippen LogP contribution in [0.4, 0.5) is 5.69 Å². The zero-order valence-electron chi connectivity index (χ0n) is 12.6. The number of nitrogens with zero attached hydrogens (tertiary/aromatic N) is 2. The van der Waals surface area contributed by atoms with E-state index in [1.165, 1.54) is 16.8 Å². The Labute approximate surface area is 148 Å². The lowest BCUT2D eigenvalue weighted by Crippen LogP contribution is -2.29. The van der Waals surface area contributed by atoms with Gasteiger partial charge < -0.3 is 10.3 Å². The molecule has 0 fully saturated rings. The van der Waals surface area contributed by atoms with Gasteiger partial charge in [-0.05, 0) is 17.7 Å². The van der Waals surface area contributed by atoms with Crippen LogP contribution in [0.3, 0.4) is 0 Å². The molecule has 0 radical (unpaired) electrons. The molecule has 0 saturated heterocycles. The number of nitrogens with two attached hydrogens (primary N) is 2. The van der Waals surface area contributed by atoms with Crippen molar-refractivity contribution in [3.05, 3.63) is 39.4 Å². The number of nitro benzene ring substituents is 1. The number of halogens is 2. The van der Waals surface area contributed by atoms with Crippen LogP contribution < -0.4 is 11.2 Å². The highest BCUT2D eigenvalue weighted by Crippen LogP contribution is 2.43. The van der Waals surface area contributed by atoms with E-state index in [1.54, 1.807) is 0 Å². The monoisotopic (exact) mass is 398 g/mol. The van der Waals surface area contributed by atoms with Gasteiger partial charge in [0.25, 0.3) is 11.6 Å². The number of rotatable bonds is 10. The van der Waals surface area contributed by atoms with E-state index in [0.29, 0.717) is 5.56 Å². The molecule has 0 aliphatic carbocycles. The zero-order valence-corrected chi connectivity index (χ0v) is 15.0. The molecule has 0 heterocycles. The van der Waals surface area contributed by atoms with Crippen LogP contribution in [0.1, 0.15) is 15.9 Å². The fourth-order valence-electron chi connectivity index (χ4n) is 1.86. The molecule has 24 heavy (non-hydrogen) atoms. The molecule has 12 heteroatoms. The lowest BCUT2D eigenvalue weighted by Gasteiger charge is -2.26. The SMILES string of the molecule is NC(=O)c1cc(COP(N)(=O)N(CCCl)CCCl)ccc1[N+](=O)[O-]. The molecular weight excluding hydrogens is 382 g/mol. The Balaban J connectivity index is 2.93. The fourth-order valence-corrected chi connectivity index (χ4v) is 3.76. The minimum atomic E-state index is -3.66. The second kappa shape index (κ2) is 9.31. The third-order valence-corrected chi connectivity index (χ3v) is 5.04. The number of hydrogen-bond donors (Lipinski definition) is 2. The van der Waals surface area contributed by atoms with Crippen LogP contribution in [-0.2, 0) is 15.7 Å². The van der Waals surface area contributed by atoms with Crippen LogP contribution in [0.15, 0.2) is 18.2 Å². The molecule has 4 N–H and O–H groups in total. The minimum absolute atomic E-state index is 0.185. The summed E-state index contributed by atoms with van der Waals surface area (Å²) < 4.78 is 19.0. The van der Waals surface area contributed by atoms with E-state index < -0.39 is 24.2 Å². The molecule has 0 aliphatic rings.